The summed E-state index contributed by atoms with van der Waals surface area (Å²) in [4.78, 5) is 0.400. The Morgan fingerprint density at radius 1 is 0.939 bits per heavy atom. The van der Waals surface area contributed by atoms with Crippen LogP contribution in [0.5, 0.6) is 11.5 Å². The second-order valence-corrected chi connectivity index (χ2v) is 11.9. The summed E-state index contributed by atoms with van der Waals surface area (Å²) in [6, 6.07) is 11.0. The Balaban J connectivity index is 1.56. The van der Waals surface area contributed by atoms with Crippen molar-refractivity contribution in [3.63, 3.8) is 0 Å². The highest BCUT2D eigenvalue weighted by Crippen LogP contribution is 2.29. The minimum absolute atomic E-state index is 0.0687. The molecule has 2 aromatic rings. The van der Waals surface area contributed by atoms with Gasteiger partial charge in [0, 0.05) is 19.6 Å². The summed E-state index contributed by atoms with van der Waals surface area (Å²) in [5.74, 6) is 1.23. The normalized spacial score (nSPS) is 15.5. The summed E-state index contributed by atoms with van der Waals surface area (Å²) in [6.07, 6.45) is 2.82. The van der Waals surface area contributed by atoms with Crippen LogP contribution in [-0.4, -0.2) is 54.5 Å². The largest absolute Gasteiger partial charge is 0.496 e. The Bertz CT molecular complexity index is 1140. The Labute approximate surface area is 197 Å². The molecule has 1 aliphatic rings. The van der Waals surface area contributed by atoms with Crippen molar-refractivity contribution in [1.82, 2.24) is 9.03 Å². The Morgan fingerprint density at radius 2 is 1.58 bits per heavy atom. The number of ether oxygens (including phenoxy) is 2. The number of hydrogen-bond donors (Lipinski definition) is 1. The molecular formula is C23H32N2O6S2. The first-order valence-corrected chi connectivity index (χ1v) is 14.0. The second-order valence-electron chi connectivity index (χ2n) is 8.24. The molecule has 2 aromatic carbocycles. The van der Waals surface area contributed by atoms with Crippen molar-refractivity contribution in [2.24, 2.45) is 0 Å². The molecule has 1 heterocycles. The smallest absolute Gasteiger partial charge is 0.243 e. The van der Waals surface area contributed by atoms with E-state index >= 15 is 0 Å². The van der Waals surface area contributed by atoms with E-state index < -0.39 is 20.0 Å². The fraction of sp³-hybridized carbons (Fsp3) is 0.478. The van der Waals surface area contributed by atoms with Crippen LogP contribution >= 0.6 is 0 Å². The zero-order valence-electron chi connectivity index (χ0n) is 19.3. The highest BCUT2D eigenvalue weighted by atomic mass is 32.2. The van der Waals surface area contributed by atoms with E-state index in [0.29, 0.717) is 24.6 Å². The number of sulfonamides is 2. The van der Waals surface area contributed by atoms with Crippen molar-refractivity contribution < 1.29 is 26.3 Å². The van der Waals surface area contributed by atoms with Crippen LogP contribution in [0.3, 0.4) is 0 Å². The SMILES string of the molecule is COc1ccc(S(=O)(=O)NCCOc2ccc(S(=O)(=O)N3CCCCC3)cc2)cc1C(C)C. The maximum Gasteiger partial charge on any atom is 0.243 e. The Kier molecular flexibility index (Phi) is 8.38. The standard InChI is InChI=1S/C23H32N2O6S2/c1-18(2)22-17-21(11-12-23(22)30-3)32(26,27)24-13-16-31-19-7-9-20(10-8-19)33(28,29)25-14-5-4-6-15-25/h7-12,17-18,24H,4-6,13-16H2,1-3H3. The zero-order chi connectivity index (χ0) is 24.1. The molecule has 0 saturated carbocycles. The van der Waals surface area contributed by atoms with E-state index in [-0.39, 0.29) is 28.9 Å². The van der Waals surface area contributed by atoms with Gasteiger partial charge in [-0.15, -0.1) is 0 Å². The highest BCUT2D eigenvalue weighted by Gasteiger charge is 2.25. The van der Waals surface area contributed by atoms with Crippen LogP contribution in [-0.2, 0) is 20.0 Å². The fourth-order valence-corrected chi connectivity index (χ4v) is 6.29. The summed E-state index contributed by atoms with van der Waals surface area (Å²) in [5, 5.41) is 0. The molecule has 0 bridgehead atoms. The van der Waals surface area contributed by atoms with E-state index in [1.165, 1.54) is 22.5 Å². The number of piperidine rings is 1. The Hall–Kier alpha value is -2.14. The van der Waals surface area contributed by atoms with Crippen molar-refractivity contribution in [3.05, 3.63) is 48.0 Å². The molecule has 1 aliphatic heterocycles. The maximum absolute atomic E-state index is 12.7. The molecule has 1 saturated heterocycles. The van der Waals surface area contributed by atoms with Gasteiger partial charge in [0.2, 0.25) is 20.0 Å². The number of nitrogens with one attached hydrogen (secondary N) is 1. The van der Waals surface area contributed by atoms with Gasteiger partial charge in [-0.1, -0.05) is 20.3 Å². The first-order chi connectivity index (χ1) is 15.6. The van der Waals surface area contributed by atoms with Crippen molar-refractivity contribution in [2.45, 2.75) is 48.8 Å². The topological polar surface area (TPSA) is 102 Å². The highest BCUT2D eigenvalue weighted by molar-refractivity contribution is 7.89. The molecule has 33 heavy (non-hydrogen) atoms. The molecule has 0 spiro atoms. The number of nitrogens with zero attached hydrogens (tertiary/aromatic N) is 1. The first kappa shape index (κ1) is 25.5. The van der Waals surface area contributed by atoms with Crippen LogP contribution in [0.4, 0.5) is 0 Å². The van der Waals surface area contributed by atoms with Gasteiger partial charge in [0.05, 0.1) is 16.9 Å². The summed E-state index contributed by atoms with van der Waals surface area (Å²) in [6.45, 7) is 5.21. The van der Waals surface area contributed by atoms with E-state index in [0.717, 1.165) is 24.8 Å². The molecule has 1 fully saturated rings. The lowest BCUT2D eigenvalue weighted by atomic mass is 10.0. The fourth-order valence-electron chi connectivity index (χ4n) is 3.72. The molecule has 0 atom stereocenters. The van der Waals surface area contributed by atoms with Crippen LogP contribution in [0.15, 0.2) is 52.3 Å². The molecule has 182 valence electrons. The third-order valence-electron chi connectivity index (χ3n) is 5.57. The second kappa shape index (κ2) is 10.9. The molecule has 10 heteroatoms. The molecule has 0 aliphatic carbocycles. The van der Waals surface area contributed by atoms with Gasteiger partial charge >= 0.3 is 0 Å². The summed E-state index contributed by atoms with van der Waals surface area (Å²) < 4.78 is 65.7. The van der Waals surface area contributed by atoms with Crippen LogP contribution in [0.1, 0.15) is 44.6 Å². The molecule has 0 radical (unpaired) electrons. The lowest BCUT2D eigenvalue weighted by Crippen LogP contribution is -2.35. The van der Waals surface area contributed by atoms with Gasteiger partial charge in [-0.25, -0.2) is 21.6 Å². The van der Waals surface area contributed by atoms with Crippen molar-refractivity contribution in [3.8, 4) is 11.5 Å². The number of hydrogen-bond acceptors (Lipinski definition) is 6. The van der Waals surface area contributed by atoms with Gasteiger partial charge in [0.15, 0.2) is 0 Å². The third kappa shape index (κ3) is 6.26. The molecule has 0 amide bonds. The number of rotatable bonds is 10. The minimum atomic E-state index is -3.70. The van der Waals surface area contributed by atoms with Crippen molar-refractivity contribution in [1.29, 1.82) is 0 Å². The maximum atomic E-state index is 12.7. The summed E-state index contributed by atoms with van der Waals surface area (Å²) >= 11 is 0. The lowest BCUT2D eigenvalue weighted by Gasteiger charge is -2.25. The van der Waals surface area contributed by atoms with Gasteiger partial charge in [-0.3, -0.25) is 0 Å². The van der Waals surface area contributed by atoms with Crippen molar-refractivity contribution in [2.75, 3.05) is 33.4 Å². The molecular weight excluding hydrogens is 464 g/mol. The van der Waals surface area contributed by atoms with Gasteiger partial charge in [-0.05, 0) is 66.8 Å². The first-order valence-electron chi connectivity index (χ1n) is 11.1. The van der Waals surface area contributed by atoms with E-state index in [1.54, 1.807) is 31.4 Å². The van der Waals surface area contributed by atoms with E-state index in [9.17, 15) is 16.8 Å². The molecule has 1 N–H and O–H groups in total. The molecule has 3 rings (SSSR count). The average molecular weight is 497 g/mol. The summed E-state index contributed by atoms with van der Waals surface area (Å²) in [7, 11) is -5.64. The van der Waals surface area contributed by atoms with Gasteiger partial charge < -0.3 is 9.47 Å². The van der Waals surface area contributed by atoms with Crippen molar-refractivity contribution >= 4 is 20.0 Å². The van der Waals surface area contributed by atoms with Gasteiger partial charge in [0.25, 0.3) is 0 Å². The van der Waals surface area contributed by atoms with Crippen LogP contribution in [0, 0.1) is 0 Å². The van der Waals surface area contributed by atoms with Gasteiger partial charge in [0.1, 0.15) is 18.1 Å². The summed E-state index contributed by atoms with van der Waals surface area (Å²) in [5.41, 5.74) is 0.816. The minimum Gasteiger partial charge on any atom is -0.496 e. The van der Waals surface area contributed by atoms with E-state index in [4.69, 9.17) is 9.47 Å². The predicted octanol–water partition coefficient (Wildman–Crippen LogP) is 3.35. The van der Waals surface area contributed by atoms with Crippen LogP contribution in [0.25, 0.3) is 0 Å². The third-order valence-corrected chi connectivity index (χ3v) is 8.94. The van der Waals surface area contributed by atoms with Gasteiger partial charge in [-0.2, -0.15) is 4.31 Å². The number of methoxy groups -OCH3 is 1. The molecule has 0 aromatic heterocycles. The predicted molar refractivity (Wildman–Crippen MR) is 127 cm³/mol. The van der Waals surface area contributed by atoms with E-state index in [1.807, 2.05) is 13.8 Å². The van der Waals surface area contributed by atoms with Crippen LogP contribution < -0.4 is 14.2 Å². The molecule has 8 nitrogen and oxygen atoms in total. The monoisotopic (exact) mass is 496 g/mol. The zero-order valence-corrected chi connectivity index (χ0v) is 20.9. The molecule has 0 unspecified atom stereocenters. The van der Waals surface area contributed by atoms with E-state index in [2.05, 4.69) is 4.72 Å². The average Bonchev–Trinajstić information content (AvgIpc) is 2.82. The van der Waals surface area contributed by atoms with Crippen LogP contribution in [0.2, 0.25) is 0 Å². The number of benzene rings is 2. The lowest BCUT2D eigenvalue weighted by molar-refractivity contribution is 0.322. The Morgan fingerprint density at radius 3 is 2.18 bits per heavy atom. The quantitative estimate of drug-likeness (QED) is 0.506.